The van der Waals surface area contributed by atoms with Crippen molar-refractivity contribution in [1.82, 2.24) is 5.32 Å². The third-order valence-corrected chi connectivity index (χ3v) is 3.72. The molecular formula is C11H20ClNO3. The van der Waals surface area contributed by atoms with Crippen molar-refractivity contribution in [1.29, 1.82) is 0 Å². The first-order valence-corrected chi connectivity index (χ1v) is 6.24. The van der Waals surface area contributed by atoms with E-state index >= 15 is 0 Å². The van der Waals surface area contributed by atoms with Crippen molar-refractivity contribution < 1.29 is 15.0 Å². The molecule has 0 aromatic rings. The van der Waals surface area contributed by atoms with Crippen LogP contribution >= 0.6 is 11.6 Å². The SMILES string of the molecule is C[C@H](NC(=O)O)[C@@H](O)CC1CCC(Cl)CC1. The van der Waals surface area contributed by atoms with Gasteiger partial charge in [-0.1, -0.05) is 0 Å². The van der Waals surface area contributed by atoms with Crippen molar-refractivity contribution in [2.75, 3.05) is 0 Å². The molecule has 3 N–H and O–H groups in total. The van der Waals surface area contributed by atoms with Crippen molar-refractivity contribution in [3.63, 3.8) is 0 Å². The molecule has 1 fully saturated rings. The molecule has 4 nitrogen and oxygen atoms in total. The van der Waals surface area contributed by atoms with Gasteiger partial charge in [0, 0.05) is 5.38 Å². The topological polar surface area (TPSA) is 69.6 Å². The van der Waals surface area contributed by atoms with E-state index in [0.717, 1.165) is 25.7 Å². The van der Waals surface area contributed by atoms with E-state index in [0.29, 0.717) is 12.3 Å². The van der Waals surface area contributed by atoms with Gasteiger partial charge in [0.15, 0.2) is 0 Å². The summed E-state index contributed by atoms with van der Waals surface area (Å²) in [5.74, 6) is 0.475. The standard InChI is InChI=1S/C11H20ClNO3/c1-7(13-11(15)16)10(14)6-8-2-4-9(12)5-3-8/h7-10,13-14H,2-6H2,1H3,(H,15,16)/t7-,8?,9?,10-/m0/s1. The first-order valence-electron chi connectivity index (χ1n) is 5.80. The minimum absolute atomic E-state index is 0.281. The summed E-state index contributed by atoms with van der Waals surface area (Å²) in [6.45, 7) is 1.69. The van der Waals surface area contributed by atoms with Crippen LogP contribution in [0.1, 0.15) is 39.0 Å². The Labute approximate surface area is 101 Å². The quantitative estimate of drug-likeness (QED) is 0.669. The number of rotatable bonds is 4. The molecule has 2 atom stereocenters. The van der Waals surface area contributed by atoms with Crippen LogP contribution in [0, 0.1) is 5.92 Å². The van der Waals surface area contributed by atoms with Gasteiger partial charge in [0.2, 0.25) is 0 Å². The molecule has 0 saturated heterocycles. The van der Waals surface area contributed by atoms with Crippen molar-refractivity contribution in [3.05, 3.63) is 0 Å². The van der Waals surface area contributed by atoms with E-state index in [2.05, 4.69) is 5.32 Å². The molecule has 0 aromatic heterocycles. The molecule has 5 heteroatoms. The molecule has 1 aliphatic carbocycles. The Morgan fingerprint density at radius 2 is 2.00 bits per heavy atom. The molecule has 0 radical (unpaired) electrons. The minimum Gasteiger partial charge on any atom is -0.465 e. The third-order valence-electron chi connectivity index (χ3n) is 3.28. The van der Waals surface area contributed by atoms with Crippen LogP contribution < -0.4 is 5.32 Å². The molecular weight excluding hydrogens is 230 g/mol. The molecule has 0 bridgehead atoms. The second-order valence-corrected chi connectivity index (χ2v) is 5.28. The molecule has 16 heavy (non-hydrogen) atoms. The predicted molar refractivity (Wildman–Crippen MR) is 62.8 cm³/mol. The van der Waals surface area contributed by atoms with E-state index in [1.165, 1.54) is 0 Å². The molecule has 0 unspecified atom stereocenters. The zero-order chi connectivity index (χ0) is 12.1. The molecule has 1 saturated carbocycles. The minimum atomic E-state index is -1.09. The Morgan fingerprint density at radius 3 is 2.50 bits per heavy atom. The van der Waals surface area contributed by atoms with Gasteiger partial charge in [-0.25, -0.2) is 4.79 Å². The largest absolute Gasteiger partial charge is 0.465 e. The number of carboxylic acid groups (broad SMARTS) is 1. The van der Waals surface area contributed by atoms with Crippen LogP contribution in [0.15, 0.2) is 0 Å². The lowest BCUT2D eigenvalue weighted by Crippen LogP contribution is -2.41. The maximum absolute atomic E-state index is 10.4. The Morgan fingerprint density at radius 1 is 1.44 bits per heavy atom. The van der Waals surface area contributed by atoms with Gasteiger partial charge < -0.3 is 15.5 Å². The Bertz CT molecular complexity index is 229. The average Bonchev–Trinajstić information content (AvgIpc) is 2.20. The highest BCUT2D eigenvalue weighted by Crippen LogP contribution is 2.30. The molecule has 1 amide bonds. The Kier molecular flexibility index (Phi) is 5.35. The van der Waals surface area contributed by atoms with E-state index in [4.69, 9.17) is 16.7 Å². The monoisotopic (exact) mass is 249 g/mol. The smallest absolute Gasteiger partial charge is 0.404 e. The number of alkyl halides is 1. The zero-order valence-corrected chi connectivity index (χ0v) is 10.3. The van der Waals surface area contributed by atoms with Crippen molar-refractivity contribution in [3.8, 4) is 0 Å². The van der Waals surface area contributed by atoms with Crippen LogP contribution in [0.2, 0.25) is 0 Å². The number of amides is 1. The fraction of sp³-hybridized carbons (Fsp3) is 0.909. The molecule has 0 spiro atoms. The van der Waals surface area contributed by atoms with Crippen LogP contribution in [-0.4, -0.2) is 33.8 Å². The maximum Gasteiger partial charge on any atom is 0.404 e. The number of hydrogen-bond acceptors (Lipinski definition) is 2. The summed E-state index contributed by atoms with van der Waals surface area (Å²) in [6.07, 6.45) is 3.03. The summed E-state index contributed by atoms with van der Waals surface area (Å²) >= 11 is 6.00. The summed E-state index contributed by atoms with van der Waals surface area (Å²) in [5, 5.41) is 20.9. The average molecular weight is 250 g/mol. The van der Waals surface area contributed by atoms with Gasteiger partial charge in [-0.3, -0.25) is 0 Å². The summed E-state index contributed by atoms with van der Waals surface area (Å²) in [6, 6.07) is -0.411. The second kappa shape index (κ2) is 6.30. The van der Waals surface area contributed by atoms with Crippen molar-refractivity contribution in [2.24, 2.45) is 5.92 Å². The molecule has 0 aliphatic heterocycles. The van der Waals surface area contributed by atoms with Crippen LogP contribution in [-0.2, 0) is 0 Å². The predicted octanol–water partition coefficient (Wildman–Crippen LogP) is 2.19. The first kappa shape index (κ1) is 13.6. The van der Waals surface area contributed by atoms with Crippen molar-refractivity contribution >= 4 is 17.7 Å². The number of halogens is 1. The van der Waals surface area contributed by atoms with Crippen LogP contribution in [0.5, 0.6) is 0 Å². The highest BCUT2D eigenvalue weighted by Gasteiger charge is 2.24. The summed E-state index contributed by atoms with van der Waals surface area (Å²) < 4.78 is 0. The van der Waals surface area contributed by atoms with Gasteiger partial charge in [-0.2, -0.15) is 0 Å². The number of aliphatic hydroxyl groups excluding tert-OH is 1. The van der Waals surface area contributed by atoms with Gasteiger partial charge in [0.25, 0.3) is 0 Å². The molecule has 94 valence electrons. The highest BCUT2D eigenvalue weighted by atomic mass is 35.5. The van der Waals surface area contributed by atoms with Gasteiger partial charge in [-0.15, -0.1) is 11.6 Å². The van der Waals surface area contributed by atoms with Gasteiger partial charge in [0.05, 0.1) is 12.1 Å². The summed E-state index contributed by atoms with van der Waals surface area (Å²) in [4.78, 5) is 10.4. The lowest BCUT2D eigenvalue weighted by Gasteiger charge is -2.28. The van der Waals surface area contributed by atoms with E-state index < -0.39 is 18.2 Å². The van der Waals surface area contributed by atoms with Gasteiger partial charge in [-0.05, 0) is 44.9 Å². The summed E-state index contributed by atoms with van der Waals surface area (Å²) in [5.41, 5.74) is 0. The Balaban J connectivity index is 2.27. The molecule has 0 heterocycles. The number of hydrogen-bond donors (Lipinski definition) is 3. The third kappa shape index (κ3) is 4.58. The molecule has 1 rings (SSSR count). The Hall–Kier alpha value is -0.480. The van der Waals surface area contributed by atoms with E-state index in [1.807, 2.05) is 0 Å². The van der Waals surface area contributed by atoms with Crippen LogP contribution in [0.3, 0.4) is 0 Å². The maximum atomic E-state index is 10.4. The number of nitrogens with one attached hydrogen (secondary N) is 1. The lowest BCUT2D eigenvalue weighted by molar-refractivity contribution is 0.0948. The lowest BCUT2D eigenvalue weighted by atomic mass is 9.84. The molecule has 1 aliphatic rings. The highest BCUT2D eigenvalue weighted by molar-refractivity contribution is 6.20. The van der Waals surface area contributed by atoms with Gasteiger partial charge >= 0.3 is 6.09 Å². The first-order chi connectivity index (χ1) is 7.49. The van der Waals surface area contributed by atoms with Gasteiger partial charge in [0.1, 0.15) is 0 Å². The van der Waals surface area contributed by atoms with E-state index in [9.17, 15) is 9.90 Å². The van der Waals surface area contributed by atoms with Crippen LogP contribution in [0.4, 0.5) is 4.79 Å². The van der Waals surface area contributed by atoms with E-state index in [1.54, 1.807) is 6.92 Å². The second-order valence-electron chi connectivity index (χ2n) is 4.66. The number of aliphatic hydroxyl groups is 1. The zero-order valence-electron chi connectivity index (χ0n) is 9.53. The summed E-state index contributed by atoms with van der Waals surface area (Å²) in [7, 11) is 0. The molecule has 0 aromatic carbocycles. The fourth-order valence-electron chi connectivity index (χ4n) is 2.19. The van der Waals surface area contributed by atoms with Crippen LogP contribution in [0.25, 0.3) is 0 Å². The fourth-order valence-corrected chi connectivity index (χ4v) is 2.45. The van der Waals surface area contributed by atoms with Crippen molar-refractivity contribution in [2.45, 2.75) is 56.6 Å². The normalized spacial score (nSPS) is 29.4. The van der Waals surface area contributed by atoms with E-state index in [-0.39, 0.29) is 5.38 Å². The number of carbonyl (C=O) groups is 1.